The summed E-state index contributed by atoms with van der Waals surface area (Å²) in [6.45, 7) is 6.84. The van der Waals surface area contributed by atoms with Gasteiger partial charge in [-0.2, -0.15) is 0 Å². The highest BCUT2D eigenvalue weighted by atomic mass is 16.5. The van der Waals surface area contributed by atoms with Crippen molar-refractivity contribution >= 4 is 12.0 Å². The van der Waals surface area contributed by atoms with Gasteiger partial charge in [0.05, 0.1) is 7.11 Å². The molecule has 0 aromatic carbocycles. The Labute approximate surface area is 113 Å². The fourth-order valence-electron chi connectivity index (χ4n) is 1.88. The zero-order chi connectivity index (χ0) is 14.1. The molecule has 0 unspecified atom stereocenters. The summed E-state index contributed by atoms with van der Waals surface area (Å²) in [5.74, 6) is -0.0879. The van der Waals surface area contributed by atoms with Gasteiger partial charge in [0.15, 0.2) is 0 Å². The van der Waals surface area contributed by atoms with Gasteiger partial charge in [-0.15, -0.1) is 0 Å². The Bertz CT molecular complexity index is 291. The molecule has 0 saturated carbocycles. The smallest absolute Gasteiger partial charge is 0.409 e. The molecule has 1 heterocycles. The standard InChI is InChI=1S/C12H23N3O4/c1-3-19-10-11(16)13-4-5-14-6-8-15(9-7-14)12(17)18-2/h3-10H2,1-2H3,(H,13,16). The van der Waals surface area contributed by atoms with Crippen LogP contribution in [0.15, 0.2) is 0 Å². The van der Waals surface area contributed by atoms with E-state index in [1.54, 1.807) is 4.90 Å². The van der Waals surface area contributed by atoms with Crippen LogP contribution in [0.3, 0.4) is 0 Å². The molecule has 1 fully saturated rings. The average Bonchev–Trinajstić information content (AvgIpc) is 2.45. The Hall–Kier alpha value is -1.34. The Morgan fingerprint density at radius 3 is 2.47 bits per heavy atom. The number of rotatable bonds is 6. The number of methoxy groups -OCH3 is 1. The Balaban J connectivity index is 2.09. The lowest BCUT2D eigenvalue weighted by atomic mass is 10.3. The fourth-order valence-corrected chi connectivity index (χ4v) is 1.88. The van der Waals surface area contributed by atoms with Crippen molar-refractivity contribution in [3.05, 3.63) is 0 Å². The third kappa shape index (κ3) is 5.89. The maximum atomic E-state index is 11.3. The van der Waals surface area contributed by atoms with Crippen molar-refractivity contribution in [3.63, 3.8) is 0 Å². The molecule has 0 aromatic rings. The number of nitrogens with one attached hydrogen (secondary N) is 1. The van der Waals surface area contributed by atoms with E-state index in [0.29, 0.717) is 26.2 Å². The summed E-state index contributed by atoms with van der Waals surface area (Å²) >= 11 is 0. The molecule has 0 aliphatic carbocycles. The largest absolute Gasteiger partial charge is 0.453 e. The van der Waals surface area contributed by atoms with E-state index < -0.39 is 0 Å². The summed E-state index contributed by atoms with van der Waals surface area (Å²) in [5.41, 5.74) is 0. The van der Waals surface area contributed by atoms with Gasteiger partial charge in [-0.05, 0) is 6.92 Å². The van der Waals surface area contributed by atoms with E-state index in [2.05, 4.69) is 15.0 Å². The lowest BCUT2D eigenvalue weighted by molar-refractivity contribution is -0.125. The predicted molar refractivity (Wildman–Crippen MR) is 69.9 cm³/mol. The third-order valence-corrected chi connectivity index (χ3v) is 2.99. The van der Waals surface area contributed by atoms with Crippen molar-refractivity contribution in [2.75, 3.05) is 59.6 Å². The van der Waals surface area contributed by atoms with Crippen molar-refractivity contribution in [2.24, 2.45) is 0 Å². The van der Waals surface area contributed by atoms with Crippen LogP contribution < -0.4 is 5.32 Å². The minimum atomic E-state index is -0.273. The average molecular weight is 273 g/mol. The molecule has 1 aliphatic rings. The van der Waals surface area contributed by atoms with Crippen LogP contribution in [0.25, 0.3) is 0 Å². The molecule has 1 N–H and O–H groups in total. The van der Waals surface area contributed by atoms with Crippen LogP contribution >= 0.6 is 0 Å². The van der Waals surface area contributed by atoms with E-state index in [0.717, 1.165) is 19.6 Å². The molecule has 1 aliphatic heterocycles. The molecule has 0 atom stereocenters. The monoisotopic (exact) mass is 273 g/mol. The number of piperazine rings is 1. The predicted octanol–water partition coefficient (Wildman–Crippen LogP) is -0.477. The molecule has 0 aromatic heterocycles. The first-order valence-corrected chi connectivity index (χ1v) is 6.57. The second-order valence-corrected chi connectivity index (χ2v) is 4.29. The first-order valence-electron chi connectivity index (χ1n) is 6.57. The lowest BCUT2D eigenvalue weighted by Crippen LogP contribution is -2.50. The molecule has 7 nitrogen and oxygen atoms in total. The highest BCUT2D eigenvalue weighted by Gasteiger charge is 2.20. The first kappa shape index (κ1) is 15.7. The molecule has 0 radical (unpaired) electrons. The molecule has 0 bridgehead atoms. The van der Waals surface area contributed by atoms with Gasteiger partial charge in [0.25, 0.3) is 0 Å². The van der Waals surface area contributed by atoms with Crippen molar-refractivity contribution in [3.8, 4) is 0 Å². The van der Waals surface area contributed by atoms with E-state index >= 15 is 0 Å². The van der Waals surface area contributed by atoms with Gasteiger partial charge in [0.2, 0.25) is 5.91 Å². The summed E-state index contributed by atoms with van der Waals surface area (Å²) in [6, 6.07) is 0. The van der Waals surface area contributed by atoms with Gasteiger partial charge < -0.3 is 19.7 Å². The van der Waals surface area contributed by atoms with Crippen LogP contribution in [0.1, 0.15) is 6.92 Å². The number of hydrogen-bond acceptors (Lipinski definition) is 5. The Morgan fingerprint density at radius 1 is 1.21 bits per heavy atom. The maximum Gasteiger partial charge on any atom is 0.409 e. The number of amides is 2. The minimum Gasteiger partial charge on any atom is -0.453 e. The second kappa shape index (κ2) is 8.71. The van der Waals surface area contributed by atoms with Gasteiger partial charge in [-0.25, -0.2) is 4.79 Å². The molecule has 19 heavy (non-hydrogen) atoms. The number of nitrogens with zero attached hydrogens (tertiary/aromatic N) is 2. The van der Waals surface area contributed by atoms with Gasteiger partial charge in [0, 0.05) is 45.9 Å². The maximum absolute atomic E-state index is 11.3. The van der Waals surface area contributed by atoms with Crippen molar-refractivity contribution in [1.82, 2.24) is 15.1 Å². The fraction of sp³-hybridized carbons (Fsp3) is 0.833. The van der Waals surface area contributed by atoms with Crippen LogP contribution in [0.4, 0.5) is 4.79 Å². The van der Waals surface area contributed by atoms with Crippen LogP contribution in [-0.4, -0.2) is 81.4 Å². The third-order valence-electron chi connectivity index (χ3n) is 2.99. The minimum absolute atomic E-state index is 0.0879. The molecule has 1 rings (SSSR count). The van der Waals surface area contributed by atoms with Gasteiger partial charge in [-0.3, -0.25) is 9.69 Å². The molecular formula is C12H23N3O4. The summed E-state index contributed by atoms with van der Waals surface area (Å²) in [5, 5.41) is 2.80. The molecule has 7 heteroatoms. The summed E-state index contributed by atoms with van der Waals surface area (Å²) in [4.78, 5) is 26.5. The van der Waals surface area contributed by atoms with E-state index in [4.69, 9.17) is 4.74 Å². The summed E-state index contributed by atoms with van der Waals surface area (Å²) in [6.07, 6.45) is -0.273. The Kier molecular flexibility index (Phi) is 7.20. The highest BCUT2D eigenvalue weighted by Crippen LogP contribution is 2.02. The number of ether oxygens (including phenoxy) is 2. The quantitative estimate of drug-likeness (QED) is 0.708. The SMILES string of the molecule is CCOCC(=O)NCCN1CCN(C(=O)OC)CC1. The lowest BCUT2D eigenvalue weighted by Gasteiger charge is -2.33. The van der Waals surface area contributed by atoms with Crippen LogP contribution in [-0.2, 0) is 14.3 Å². The molecule has 2 amide bonds. The Morgan fingerprint density at radius 2 is 1.89 bits per heavy atom. The zero-order valence-corrected chi connectivity index (χ0v) is 11.7. The number of carbonyl (C=O) groups is 2. The van der Waals surface area contributed by atoms with E-state index in [1.807, 2.05) is 6.92 Å². The van der Waals surface area contributed by atoms with Crippen molar-refractivity contribution in [1.29, 1.82) is 0 Å². The van der Waals surface area contributed by atoms with Crippen LogP contribution in [0, 0.1) is 0 Å². The van der Waals surface area contributed by atoms with Crippen molar-refractivity contribution < 1.29 is 19.1 Å². The zero-order valence-electron chi connectivity index (χ0n) is 11.7. The molecular weight excluding hydrogens is 250 g/mol. The van der Waals surface area contributed by atoms with Gasteiger partial charge >= 0.3 is 6.09 Å². The summed E-state index contributed by atoms with van der Waals surface area (Å²) < 4.78 is 9.68. The van der Waals surface area contributed by atoms with Gasteiger partial charge in [-0.1, -0.05) is 0 Å². The normalized spacial score (nSPS) is 16.2. The summed E-state index contributed by atoms with van der Waals surface area (Å²) in [7, 11) is 1.39. The van der Waals surface area contributed by atoms with Crippen molar-refractivity contribution in [2.45, 2.75) is 6.92 Å². The topological polar surface area (TPSA) is 71.1 Å². The number of hydrogen-bond donors (Lipinski definition) is 1. The first-order chi connectivity index (χ1) is 9.17. The van der Waals surface area contributed by atoms with E-state index in [1.165, 1.54) is 7.11 Å². The second-order valence-electron chi connectivity index (χ2n) is 4.29. The van der Waals surface area contributed by atoms with E-state index in [9.17, 15) is 9.59 Å². The molecule has 1 saturated heterocycles. The van der Waals surface area contributed by atoms with E-state index in [-0.39, 0.29) is 18.6 Å². The highest BCUT2D eigenvalue weighted by molar-refractivity contribution is 5.77. The van der Waals surface area contributed by atoms with Crippen LogP contribution in [0.2, 0.25) is 0 Å². The number of carbonyl (C=O) groups excluding carboxylic acids is 2. The van der Waals surface area contributed by atoms with Gasteiger partial charge in [0.1, 0.15) is 6.61 Å². The molecule has 0 spiro atoms. The van der Waals surface area contributed by atoms with Crippen LogP contribution in [0.5, 0.6) is 0 Å². The molecule has 110 valence electrons.